The molecule has 0 spiro atoms. The van der Waals surface area contributed by atoms with Crippen LogP contribution in [0.2, 0.25) is 15.1 Å². The first-order valence-electron chi connectivity index (χ1n) is 8.05. The summed E-state index contributed by atoms with van der Waals surface area (Å²) in [6.45, 7) is 1.52. The highest BCUT2D eigenvalue weighted by molar-refractivity contribution is 6.35. The molecule has 144 valence electrons. The van der Waals surface area contributed by atoms with Crippen LogP contribution in [0.15, 0.2) is 42.5 Å². The summed E-state index contributed by atoms with van der Waals surface area (Å²) in [7, 11) is 0. The summed E-state index contributed by atoms with van der Waals surface area (Å²) in [5, 5.41) is 14.3. The smallest absolute Gasteiger partial charge is 0.278 e. The van der Waals surface area contributed by atoms with Crippen LogP contribution in [0, 0.1) is 6.92 Å². The average Bonchev–Trinajstić information content (AvgIpc) is 2.96. The maximum atomic E-state index is 12.5. The standard InChI is InChI=1S/C18H14Cl3N5O2/c1-10-17(18(28)22-13-7-11(19)6-12(20)8-13)24-25-26(10)9-16(27)23-15-5-3-2-4-14(15)21/h2-8H,9H2,1H3,(H,22,28)(H,23,27). The maximum absolute atomic E-state index is 12.5. The van der Waals surface area contributed by atoms with Gasteiger partial charge in [-0.05, 0) is 37.3 Å². The molecule has 3 rings (SSSR count). The van der Waals surface area contributed by atoms with E-state index in [1.54, 1.807) is 49.4 Å². The molecular formula is C18H14Cl3N5O2. The number of hydrogen-bond donors (Lipinski definition) is 2. The predicted molar refractivity (Wildman–Crippen MR) is 109 cm³/mol. The molecular weight excluding hydrogens is 425 g/mol. The van der Waals surface area contributed by atoms with Gasteiger partial charge in [0.15, 0.2) is 5.69 Å². The quantitative estimate of drug-likeness (QED) is 0.616. The molecule has 0 saturated heterocycles. The number of amides is 2. The Balaban J connectivity index is 1.70. The number of carbonyl (C=O) groups excluding carboxylic acids is 2. The number of benzene rings is 2. The Hall–Kier alpha value is -2.61. The maximum Gasteiger partial charge on any atom is 0.278 e. The first-order chi connectivity index (χ1) is 13.3. The lowest BCUT2D eigenvalue weighted by molar-refractivity contribution is -0.117. The summed E-state index contributed by atoms with van der Waals surface area (Å²) >= 11 is 17.9. The van der Waals surface area contributed by atoms with Crippen molar-refractivity contribution in [3.8, 4) is 0 Å². The number of nitrogens with one attached hydrogen (secondary N) is 2. The highest BCUT2D eigenvalue weighted by Crippen LogP contribution is 2.23. The average molecular weight is 439 g/mol. The fraction of sp³-hybridized carbons (Fsp3) is 0.111. The first kappa shape index (κ1) is 20.1. The van der Waals surface area contributed by atoms with Crippen molar-refractivity contribution < 1.29 is 9.59 Å². The highest BCUT2D eigenvalue weighted by atomic mass is 35.5. The van der Waals surface area contributed by atoms with Crippen LogP contribution in [-0.2, 0) is 11.3 Å². The van der Waals surface area contributed by atoms with Gasteiger partial charge in [0.2, 0.25) is 5.91 Å². The zero-order valence-electron chi connectivity index (χ0n) is 14.5. The van der Waals surface area contributed by atoms with Crippen LogP contribution in [0.3, 0.4) is 0 Å². The van der Waals surface area contributed by atoms with Gasteiger partial charge in [-0.3, -0.25) is 9.59 Å². The Morgan fingerprint density at radius 1 is 1.04 bits per heavy atom. The number of halogens is 3. The number of rotatable bonds is 5. The largest absolute Gasteiger partial charge is 0.323 e. The van der Waals surface area contributed by atoms with Crippen molar-refractivity contribution in [1.82, 2.24) is 15.0 Å². The summed E-state index contributed by atoms with van der Waals surface area (Å²) in [4.78, 5) is 24.7. The van der Waals surface area contributed by atoms with Crippen LogP contribution in [0.5, 0.6) is 0 Å². The number of carbonyl (C=O) groups is 2. The van der Waals surface area contributed by atoms with Gasteiger partial charge >= 0.3 is 0 Å². The van der Waals surface area contributed by atoms with E-state index >= 15 is 0 Å². The minimum atomic E-state index is -0.492. The molecule has 0 bridgehead atoms. The van der Waals surface area contributed by atoms with Crippen molar-refractivity contribution in [2.24, 2.45) is 0 Å². The molecule has 0 radical (unpaired) electrons. The summed E-state index contributed by atoms with van der Waals surface area (Å²) in [5.41, 5.74) is 1.43. The van der Waals surface area contributed by atoms with Crippen molar-refractivity contribution in [3.63, 3.8) is 0 Å². The van der Waals surface area contributed by atoms with E-state index in [1.807, 2.05) is 0 Å². The lowest BCUT2D eigenvalue weighted by Gasteiger charge is -2.08. The lowest BCUT2D eigenvalue weighted by atomic mass is 10.2. The molecule has 1 aromatic heterocycles. The monoisotopic (exact) mass is 437 g/mol. The van der Waals surface area contributed by atoms with Crippen molar-refractivity contribution in [2.45, 2.75) is 13.5 Å². The molecule has 10 heteroatoms. The van der Waals surface area contributed by atoms with E-state index < -0.39 is 5.91 Å². The fourth-order valence-corrected chi connectivity index (χ4v) is 3.13. The van der Waals surface area contributed by atoms with Crippen molar-refractivity contribution in [1.29, 1.82) is 0 Å². The summed E-state index contributed by atoms with van der Waals surface area (Å²) < 4.78 is 1.33. The number of hydrogen-bond acceptors (Lipinski definition) is 4. The van der Waals surface area contributed by atoms with Gasteiger partial charge in [0.1, 0.15) is 6.54 Å². The number of para-hydroxylation sites is 1. The zero-order chi connectivity index (χ0) is 20.3. The van der Waals surface area contributed by atoms with E-state index in [-0.39, 0.29) is 18.1 Å². The van der Waals surface area contributed by atoms with Crippen LogP contribution < -0.4 is 10.6 Å². The summed E-state index contributed by atoms with van der Waals surface area (Å²) in [6, 6.07) is 11.5. The number of nitrogens with zero attached hydrogens (tertiary/aromatic N) is 3. The molecule has 0 unspecified atom stereocenters. The lowest BCUT2D eigenvalue weighted by Crippen LogP contribution is -2.21. The molecule has 7 nitrogen and oxygen atoms in total. The van der Waals surface area contributed by atoms with Gasteiger partial charge in [-0.15, -0.1) is 5.10 Å². The molecule has 0 aliphatic carbocycles. The van der Waals surface area contributed by atoms with Crippen LogP contribution in [0.25, 0.3) is 0 Å². The molecule has 0 aliphatic rings. The fourth-order valence-electron chi connectivity index (χ4n) is 2.42. The molecule has 0 saturated carbocycles. The Morgan fingerprint density at radius 2 is 1.71 bits per heavy atom. The van der Waals surface area contributed by atoms with E-state index in [0.717, 1.165) is 0 Å². The predicted octanol–water partition coefficient (Wildman–Crippen LogP) is 4.44. The second-order valence-corrected chi connectivity index (χ2v) is 7.10. The van der Waals surface area contributed by atoms with Crippen LogP contribution >= 0.6 is 34.8 Å². The van der Waals surface area contributed by atoms with E-state index in [2.05, 4.69) is 20.9 Å². The third-order valence-corrected chi connectivity index (χ3v) is 4.53. The minimum absolute atomic E-state index is 0.0849. The highest BCUT2D eigenvalue weighted by Gasteiger charge is 2.18. The Bertz CT molecular complexity index is 1030. The molecule has 1 heterocycles. The summed E-state index contributed by atoms with van der Waals surface area (Å²) in [5.74, 6) is -0.844. The van der Waals surface area contributed by atoms with Gasteiger partial charge in [0, 0.05) is 15.7 Å². The SMILES string of the molecule is Cc1c(C(=O)Nc2cc(Cl)cc(Cl)c2)nnn1CC(=O)Nc1ccccc1Cl. The topological polar surface area (TPSA) is 88.9 Å². The van der Waals surface area contributed by atoms with E-state index in [4.69, 9.17) is 34.8 Å². The van der Waals surface area contributed by atoms with Gasteiger partial charge < -0.3 is 10.6 Å². The van der Waals surface area contributed by atoms with Crippen LogP contribution in [0.1, 0.15) is 16.2 Å². The Labute approximate surface area is 175 Å². The minimum Gasteiger partial charge on any atom is -0.323 e. The normalized spacial score (nSPS) is 10.6. The van der Waals surface area contributed by atoms with Crippen molar-refractivity contribution in [3.05, 3.63) is 68.9 Å². The molecule has 28 heavy (non-hydrogen) atoms. The van der Waals surface area contributed by atoms with Crippen LogP contribution in [-0.4, -0.2) is 26.8 Å². The molecule has 3 aromatic rings. The van der Waals surface area contributed by atoms with Gasteiger partial charge in [0.25, 0.3) is 5.91 Å². The third-order valence-electron chi connectivity index (χ3n) is 3.76. The first-order valence-corrected chi connectivity index (χ1v) is 9.19. The van der Waals surface area contributed by atoms with E-state index in [1.165, 1.54) is 4.68 Å². The van der Waals surface area contributed by atoms with Gasteiger partial charge in [-0.25, -0.2) is 4.68 Å². The molecule has 0 aliphatic heterocycles. The second kappa shape index (κ2) is 8.60. The summed E-state index contributed by atoms with van der Waals surface area (Å²) in [6.07, 6.45) is 0. The van der Waals surface area contributed by atoms with E-state index in [0.29, 0.717) is 32.1 Å². The van der Waals surface area contributed by atoms with Crippen molar-refractivity contribution >= 4 is 58.0 Å². The van der Waals surface area contributed by atoms with E-state index in [9.17, 15) is 9.59 Å². The molecule has 2 amide bonds. The molecule has 0 atom stereocenters. The van der Waals surface area contributed by atoms with Gasteiger partial charge in [-0.2, -0.15) is 0 Å². The third kappa shape index (κ3) is 4.81. The number of anilines is 2. The van der Waals surface area contributed by atoms with Crippen LogP contribution in [0.4, 0.5) is 11.4 Å². The second-order valence-electron chi connectivity index (χ2n) is 5.82. The molecule has 0 fully saturated rings. The molecule has 2 N–H and O–H groups in total. The van der Waals surface area contributed by atoms with Gasteiger partial charge in [-0.1, -0.05) is 52.1 Å². The van der Waals surface area contributed by atoms with Crippen molar-refractivity contribution in [2.75, 3.05) is 10.6 Å². The Morgan fingerprint density at radius 3 is 2.39 bits per heavy atom. The Kier molecular flexibility index (Phi) is 6.18. The van der Waals surface area contributed by atoms with Gasteiger partial charge in [0.05, 0.1) is 16.4 Å². The number of aromatic nitrogens is 3. The zero-order valence-corrected chi connectivity index (χ0v) is 16.8. The molecule has 2 aromatic carbocycles.